The molecule has 0 amide bonds. The van der Waals surface area contributed by atoms with Crippen LogP contribution < -0.4 is 18.9 Å². The van der Waals surface area contributed by atoms with Crippen LogP contribution in [0.2, 0.25) is 0 Å². The molecule has 0 spiro atoms. The summed E-state index contributed by atoms with van der Waals surface area (Å²) >= 11 is 0. The van der Waals surface area contributed by atoms with Crippen molar-refractivity contribution in [2.24, 2.45) is 0 Å². The number of methoxy groups -OCH3 is 4. The summed E-state index contributed by atoms with van der Waals surface area (Å²) in [6.45, 7) is 0. The molecule has 2 unspecified atom stereocenters. The molecule has 0 aliphatic heterocycles. The maximum Gasteiger partial charge on any atom is 0.358 e. The number of esters is 2. The molecular weight excluding hydrogens is 642 g/mol. The molecule has 1 aromatic heterocycles. The molecular formula is C39H33NO10. The molecule has 4 aromatic carbocycles. The topological polar surface area (TPSA) is 137 Å². The van der Waals surface area contributed by atoms with Gasteiger partial charge in [0.2, 0.25) is 11.6 Å². The van der Waals surface area contributed by atoms with Crippen molar-refractivity contribution in [1.82, 2.24) is 4.98 Å². The van der Waals surface area contributed by atoms with Gasteiger partial charge >= 0.3 is 11.9 Å². The number of hydrogen-bond donors (Lipinski definition) is 0. The first-order valence-electron chi connectivity index (χ1n) is 15.3. The molecule has 0 saturated heterocycles. The fourth-order valence-electron chi connectivity index (χ4n) is 4.91. The number of Topliss-reactive ketones (excluding diaryl/α,β-unsaturated/α-hetero) is 2. The van der Waals surface area contributed by atoms with Crippen LogP contribution in [0.1, 0.15) is 65.0 Å². The summed E-state index contributed by atoms with van der Waals surface area (Å²) in [7, 11) is 6.03. The molecule has 254 valence electrons. The molecule has 50 heavy (non-hydrogen) atoms. The lowest BCUT2D eigenvalue weighted by Crippen LogP contribution is -2.23. The summed E-state index contributed by atoms with van der Waals surface area (Å²) in [4.78, 5) is 58.5. The summed E-state index contributed by atoms with van der Waals surface area (Å²) in [5.41, 5.74) is 0.794. The Kier molecular flexibility index (Phi) is 11.2. The molecule has 0 saturated carbocycles. The van der Waals surface area contributed by atoms with Crippen LogP contribution in [0.15, 0.2) is 115 Å². The lowest BCUT2D eigenvalue weighted by molar-refractivity contribution is 0.0261. The van der Waals surface area contributed by atoms with E-state index in [4.69, 9.17) is 28.4 Å². The Labute approximate surface area is 288 Å². The second-order valence-corrected chi connectivity index (χ2v) is 10.7. The normalized spacial score (nSPS) is 11.8. The molecule has 1 heterocycles. The largest absolute Gasteiger partial charge is 0.497 e. The number of carbonyl (C=O) groups excluding carboxylic acids is 4. The van der Waals surface area contributed by atoms with Crippen molar-refractivity contribution < 1.29 is 47.6 Å². The summed E-state index contributed by atoms with van der Waals surface area (Å²) in [6, 6.07) is 29.8. The number of hydrogen-bond acceptors (Lipinski definition) is 11. The Morgan fingerprint density at radius 3 is 1.04 bits per heavy atom. The third kappa shape index (κ3) is 8.13. The molecule has 5 aromatic rings. The number of benzene rings is 4. The third-order valence-corrected chi connectivity index (χ3v) is 7.68. The van der Waals surface area contributed by atoms with Gasteiger partial charge in [0.15, 0.2) is 12.2 Å². The highest BCUT2D eigenvalue weighted by Crippen LogP contribution is 2.29. The van der Waals surface area contributed by atoms with Gasteiger partial charge in [-0.25, -0.2) is 14.6 Å². The summed E-state index contributed by atoms with van der Waals surface area (Å²) in [6.07, 6.45) is -2.72. The van der Waals surface area contributed by atoms with Crippen LogP contribution in [0.5, 0.6) is 23.0 Å². The molecule has 5 rings (SSSR count). The second-order valence-electron chi connectivity index (χ2n) is 10.7. The van der Waals surface area contributed by atoms with Crippen LogP contribution in [-0.4, -0.2) is 56.9 Å². The van der Waals surface area contributed by atoms with Crippen LogP contribution in [0.25, 0.3) is 0 Å². The van der Waals surface area contributed by atoms with E-state index in [1.54, 1.807) is 97.1 Å². The Morgan fingerprint density at radius 2 is 0.740 bits per heavy atom. The predicted molar refractivity (Wildman–Crippen MR) is 181 cm³/mol. The van der Waals surface area contributed by atoms with Crippen LogP contribution in [0, 0.1) is 0 Å². The zero-order chi connectivity index (χ0) is 35.6. The Bertz CT molecular complexity index is 1810. The first kappa shape index (κ1) is 34.8. The SMILES string of the molecule is COc1ccc(C(=O)C(OC(=O)c2cccc(C(=O)OC(C(=O)c3ccc(OC)cc3)c3ccc(OC)cc3)n2)c2ccc(OC)cc2)cc1. The quantitative estimate of drug-likeness (QED) is 0.0921. The van der Waals surface area contributed by atoms with Crippen LogP contribution in [0.4, 0.5) is 0 Å². The van der Waals surface area contributed by atoms with Gasteiger partial charge in [-0.3, -0.25) is 9.59 Å². The van der Waals surface area contributed by atoms with Crippen molar-refractivity contribution >= 4 is 23.5 Å². The van der Waals surface area contributed by atoms with Gasteiger partial charge in [0.25, 0.3) is 0 Å². The number of ketones is 2. The lowest BCUT2D eigenvalue weighted by atomic mass is 9.99. The van der Waals surface area contributed by atoms with Gasteiger partial charge in [-0.05, 0) is 84.9 Å². The van der Waals surface area contributed by atoms with Crippen molar-refractivity contribution in [2.75, 3.05) is 28.4 Å². The van der Waals surface area contributed by atoms with Gasteiger partial charge in [-0.2, -0.15) is 0 Å². The van der Waals surface area contributed by atoms with Crippen molar-refractivity contribution in [2.45, 2.75) is 12.2 Å². The number of rotatable bonds is 14. The minimum atomic E-state index is -1.36. The lowest BCUT2D eigenvalue weighted by Gasteiger charge is -2.19. The van der Waals surface area contributed by atoms with Gasteiger partial charge in [-0.1, -0.05) is 30.3 Å². The number of carbonyl (C=O) groups is 4. The van der Waals surface area contributed by atoms with Crippen LogP contribution in [-0.2, 0) is 9.47 Å². The van der Waals surface area contributed by atoms with Crippen LogP contribution >= 0.6 is 0 Å². The van der Waals surface area contributed by atoms with Gasteiger partial charge < -0.3 is 28.4 Å². The first-order chi connectivity index (χ1) is 24.2. The number of aromatic nitrogens is 1. The molecule has 0 aliphatic rings. The van der Waals surface area contributed by atoms with Crippen molar-refractivity contribution in [1.29, 1.82) is 0 Å². The second kappa shape index (κ2) is 16.1. The highest BCUT2D eigenvalue weighted by Gasteiger charge is 2.30. The number of ether oxygens (including phenoxy) is 6. The first-order valence-corrected chi connectivity index (χ1v) is 15.3. The molecule has 0 fully saturated rings. The summed E-state index contributed by atoms with van der Waals surface area (Å²) < 4.78 is 32.3. The Balaban J connectivity index is 1.41. The van der Waals surface area contributed by atoms with Crippen molar-refractivity contribution in [3.63, 3.8) is 0 Å². The van der Waals surface area contributed by atoms with Crippen molar-refractivity contribution in [3.05, 3.63) is 149 Å². The van der Waals surface area contributed by atoms with E-state index < -0.39 is 35.7 Å². The average Bonchev–Trinajstić information content (AvgIpc) is 3.18. The van der Waals surface area contributed by atoms with E-state index in [9.17, 15) is 19.2 Å². The summed E-state index contributed by atoms with van der Waals surface area (Å²) in [5.74, 6) is -0.752. The van der Waals surface area contributed by atoms with Crippen molar-refractivity contribution in [3.8, 4) is 23.0 Å². The zero-order valence-corrected chi connectivity index (χ0v) is 27.7. The van der Waals surface area contributed by atoms with Gasteiger partial charge in [0.1, 0.15) is 34.4 Å². The van der Waals surface area contributed by atoms with E-state index in [2.05, 4.69) is 4.98 Å². The summed E-state index contributed by atoms with van der Waals surface area (Å²) in [5, 5.41) is 0. The Morgan fingerprint density at radius 1 is 0.440 bits per heavy atom. The minimum absolute atomic E-state index is 0.261. The molecule has 11 nitrogen and oxygen atoms in total. The van der Waals surface area contributed by atoms with Crippen LogP contribution in [0.3, 0.4) is 0 Å². The monoisotopic (exact) mass is 675 g/mol. The number of pyridine rings is 1. The average molecular weight is 676 g/mol. The molecule has 0 N–H and O–H groups in total. The van der Waals surface area contributed by atoms with E-state index in [1.165, 1.54) is 46.6 Å². The van der Waals surface area contributed by atoms with E-state index in [0.717, 1.165) is 0 Å². The van der Waals surface area contributed by atoms with E-state index in [-0.39, 0.29) is 22.5 Å². The highest BCUT2D eigenvalue weighted by atomic mass is 16.6. The molecule has 2 atom stereocenters. The third-order valence-electron chi connectivity index (χ3n) is 7.68. The maximum absolute atomic E-state index is 13.7. The molecule has 0 bridgehead atoms. The standard InChI is InChI=1S/C39H33NO10/c1-45-28-16-8-24(9-17-28)34(41)36(26-12-20-30(47-3)21-13-26)49-38(43)32-6-5-7-33(40-32)39(44)50-37(27-14-22-31(48-4)23-15-27)35(42)25-10-18-29(46-2)19-11-25/h5-23,36-37H,1-4H3. The number of nitrogens with zero attached hydrogens (tertiary/aromatic N) is 1. The zero-order valence-electron chi connectivity index (χ0n) is 27.7. The fraction of sp³-hybridized carbons (Fsp3) is 0.154. The van der Waals surface area contributed by atoms with E-state index in [1.807, 2.05) is 0 Å². The van der Waals surface area contributed by atoms with Gasteiger partial charge in [0.05, 0.1) is 28.4 Å². The Hall–Kier alpha value is -6.49. The molecule has 0 aliphatic carbocycles. The smallest absolute Gasteiger partial charge is 0.358 e. The fourth-order valence-corrected chi connectivity index (χ4v) is 4.91. The van der Waals surface area contributed by atoms with E-state index >= 15 is 0 Å². The van der Waals surface area contributed by atoms with E-state index in [0.29, 0.717) is 34.1 Å². The van der Waals surface area contributed by atoms with Gasteiger partial charge in [0, 0.05) is 22.3 Å². The molecule has 0 radical (unpaired) electrons. The predicted octanol–water partition coefficient (Wildman–Crippen LogP) is 6.68. The minimum Gasteiger partial charge on any atom is -0.497 e. The molecule has 11 heteroatoms. The van der Waals surface area contributed by atoms with Gasteiger partial charge in [-0.15, -0.1) is 0 Å². The maximum atomic E-state index is 13.7. The highest BCUT2D eigenvalue weighted by molar-refractivity contribution is 6.03.